The van der Waals surface area contributed by atoms with Gasteiger partial charge in [0.1, 0.15) is 5.82 Å². The highest BCUT2D eigenvalue weighted by Crippen LogP contribution is 2.39. The molecule has 0 bridgehead atoms. The van der Waals surface area contributed by atoms with E-state index in [1.54, 1.807) is 6.07 Å². The van der Waals surface area contributed by atoms with Crippen LogP contribution in [0, 0.1) is 11.2 Å². The lowest BCUT2D eigenvalue weighted by Gasteiger charge is -2.48. The fourth-order valence-corrected chi connectivity index (χ4v) is 4.46. The summed E-state index contributed by atoms with van der Waals surface area (Å²) in [6.07, 6.45) is 4.38. The zero-order valence-corrected chi connectivity index (χ0v) is 15.3. The summed E-state index contributed by atoms with van der Waals surface area (Å²) in [5.41, 5.74) is 1.08. The van der Waals surface area contributed by atoms with E-state index in [0.717, 1.165) is 44.5 Å². The molecule has 4 nitrogen and oxygen atoms in total. The highest BCUT2D eigenvalue weighted by Gasteiger charge is 2.41. The lowest BCUT2D eigenvalue weighted by Crippen LogP contribution is -2.54. The highest BCUT2D eigenvalue weighted by atomic mass is 35.5. The quantitative estimate of drug-likeness (QED) is 0.868. The van der Waals surface area contributed by atoms with Gasteiger partial charge in [0.2, 0.25) is 5.91 Å². The molecule has 1 aromatic carbocycles. The van der Waals surface area contributed by atoms with Gasteiger partial charge in [-0.3, -0.25) is 9.69 Å². The fourth-order valence-electron chi connectivity index (χ4n) is 4.24. The van der Waals surface area contributed by atoms with Crippen molar-refractivity contribution in [2.45, 2.75) is 38.6 Å². The van der Waals surface area contributed by atoms with Gasteiger partial charge in [0, 0.05) is 49.6 Å². The van der Waals surface area contributed by atoms with Crippen molar-refractivity contribution in [1.29, 1.82) is 0 Å². The van der Waals surface area contributed by atoms with Gasteiger partial charge < -0.3 is 10.0 Å². The highest BCUT2D eigenvalue weighted by molar-refractivity contribution is 6.31. The molecule has 2 aliphatic heterocycles. The third kappa shape index (κ3) is 4.52. The van der Waals surface area contributed by atoms with Crippen LogP contribution in [0.25, 0.3) is 0 Å². The molecule has 1 amide bonds. The predicted molar refractivity (Wildman–Crippen MR) is 95.9 cm³/mol. The molecule has 25 heavy (non-hydrogen) atoms. The van der Waals surface area contributed by atoms with Crippen molar-refractivity contribution in [3.8, 4) is 0 Å². The maximum Gasteiger partial charge on any atom is 0.222 e. The van der Waals surface area contributed by atoms with Gasteiger partial charge in [-0.25, -0.2) is 4.39 Å². The van der Waals surface area contributed by atoms with Gasteiger partial charge >= 0.3 is 0 Å². The van der Waals surface area contributed by atoms with Crippen LogP contribution in [0.15, 0.2) is 18.2 Å². The molecule has 6 heteroatoms. The molecule has 0 aromatic heterocycles. The second kappa shape index (κ2) is 8.02. The van der Waals surface area contributed by atoms with E-state index in [0.29, 0.717) is 31.0 Å². The average Bonchev–Trinajstić information content (AvgIpc) is 2.59. The Labute approximate surface area is 153 Å². The van der Waals surface area contributed by atoms with Crippen LogP contribution in [-0.2, 0) is 11.3 Å². The molecule has 1 spiro atoms. The van der Waals surface area contributed by atoms with E-state index in [2.05, 4.69) is 4.90 Å². The molecule has 1 aromatic rings. The van der Waals surface area contributed by atoms with Crippen LogP contribution in [-0.4, -0.2) is 53.6 Å². The fraction of sp³-hybridized carbons (Fsp3) is 0.632. The zero-order valence-electron chi connectivity index (χ0n) is 14.5. The number of nitrogens with zero attached hydrogens (tertiary/aromatic N) is 2. The maximum absolute atomic E-state index is 13.2. The Bertz CT molecular complexity index is 627. The lowest BCUT2D eigenvalue weighted by molar-refractivity contribution is -0.139. The summed E-state index contributed by atoms with van der Waals surface area (Å²) < 4.78 is 13.2. The van der Waals surface area contributed by atoms with Crippen molar-refractivity contribution in [3.63, 3.8) is 0 Å². The number of rotatable bonds is 5. The number of aliphatic hydroxyl groups excluding tert-OH is 1. The molecule has 0 saturated carbocycles. The van der Waals surface area contributed by atoms with Crippen LogP contribution in [0.5, 0.6) is 0 Å². The topological polar surface area (TPSA) is 43.8 Å². The summed E-state index contributed by atoms with van der Waals surface area (Å²) in [5.74, 6) is -0.105. The van der Waals surface area contributed by atoms with Crippen LogP contribution in [0.3, 0.4) is 0 Å². The number of likely N-dealkylation sites (tertiary alicyclic amines) is 2. The third-order valence-electron chi connectivity index (χ3n) is 5.48. The molecular weight excluding hydrogens is 343 g/mol. The molecule has 2 aliphatic rings. The molecule has 1 unspecified atom stereocenters. The van der Waals surface area contributed by atoms with E-state index >= 15 is 0 Å². The van der Waals surface area contributed by atoms with Crippen molar-refractivity contribution in [2.75, 3.05) is 32.8 Å². The Balaban J connectivity index is 1.66. The van der Waals surface area contributed by atoms with Gasteiger partial charge in [-0.1, -0.05) is 17.7 Å². The SMILES string of the molecule is O=C1CCC2(CCCN(Cc3ccc(F)cc3Cl)C2)CN1CCCO. The maximum atomic E-state index is 13.2. The van der Waals surface area contributed by atoms with Gasteiger partial charge in [0.05, 0.1) is 0 Å². The third-order valence-corrected chi connectivity index (χ3v) is 5.84. The van der Waals surface area contributed by atoms with E-state index in [9.17, 15) is 9.18 Å². The second-order valence-corrected chi connectivity index (χ2v) is 7.85. The monoisotopic (exact) mass is 368 g/mol. The van der Waals surface area contributed by atoms with Crippen LogP contribution in [0.4, 0.5) is 4.39 Å². The average molecular weight is 369 g/mol. The first-order valence-electron chi connectivity index (χ1n) is 9.06. The molecule has 138 valence electrons. The van der Waals surface area contributed by atoms with Crippen molar-refractivity contribution in [2.24, 2.45) is 5.41 Å². The lowest BCUT2D eigenvalue weighted by atomic mass is 9.73. The first kappa shape index (κ1) is 18.6. The second-order valence-electron chi connectivity index (χ2n) is 7.44. The molecule has 2 fully saturated rings. The number of hydrogen-bond acceptors (Lipinski definition) is 3. The number of benzene rings is 1. The number of halogens is 2. The van der Waals surface area contributed by atoms with Crippen LogP contribution < -0.4 is 0 Å². The Morgan fingerprint density at radius 1 is 1.28 bits per heavy atom. The number of hydrogen-bond donors (Lipinski definition) is 1. The van der Waals surface area contributed by atoms with Crippen molar-refractivity contribution in [1.82, 2.24) is 9.80 Å². The van der Waals surface area contributed by atoms with E-state index in [1.807, 2.05) is 4.90 Å². The summed E-state index contributed by atoms with van der Waals surface area (Å²) >= 11 is 6.18. The first-order chi connectivity index (χ1) is 12.0. The van der Waals surface area contributed by atoms with Gasteiger partial charge in [-0.2, -0.15) is 0 Å². The van der Waals surface area contributed by atoms with Crippen molar-refractivity contribution in [3.05, 3.63) is 34.6 Å². The van der Waals surface area contributed by atoms with Gasteiger partial charge in [-0.05, 0) is 49.9 Å². The smallest absolute Gasteiger partial charge is 0.222 e. The molecule has 2 heterocycles. The summed E-state index contributed by atoms with van der Waals surface area (Å²) in [4.78, 5) is 16.5. The van der Waals surface area contributed by atoms with E-state index in [1.165, 1.54) is 12.1 Å². The first-order valence-corrected chi connectivity index (χ1v) is 9.44. The summed E-state index contributed by atoms with van der Waals surface area (Å²) in [7, 11) is 0. The molecule has 1 atom stereocenters. The molecule has 2 saturated heterocycles. The van der Waals surface area contributed by atoms with E-state index in [-0.39, 0.29) is 23.7 Å². The van der Waals surface area contributed by atoms with Crippen LogP contribution in [0.2, 0.25) is 5.02 Å². The molecule has 0 aliphatic carbocycles. The number of piperidine rings is 2. The van der Waals surface area contributed by atoms with E-state index in [4.69, 9.17) is 16.7 Å². The number of carbonyl (C=O) groups excluding carboxylic acids is 1. The Hall–Kier alpha value is -1.17. The van der Waals surface area contributed by atoms with Gasteiger partial charge in [-0.15, -0.1) is 0 Å². The van der Waals surface area contributed by atoms with Crippen molar-refractivity contribution < 1.29 is 14.3 Å². The molecule has 3 rings (SSSR count). The minimum absolute atomic E-state index is 0.117. The summed E-state index contributed by atoms with van der Waals surface area (Å²) in [6.45, 7) is 4.18. The number of amides is 1. The largest absolute Gasteiger partial charge is 0.396 e. The number of carbonyl (C=O) groups is 1. The predicted octanol–water partition coefficient (Wildman–Crippen LogP) is 3.07. The van der Waals surface area contributed by atoms with Crippen LogP contribution >= 0.6 is 11.6 Å². The molecule has 0 radical (unpaired) electrons. The van der Waals surface area contributed by atoms with Gasteiger partial charge in [0.25, 0.3) is 0 Å². The summed E-state index contributed by atoms with van der Waals surface area (Å²) in [6, 6.07) is 4.58. The minimum atomic E-state index is -0.311. The Kier molecular flexibility index (Phi) is 5.97. The Morgan fingerprint density at radius 2 is 2.12 bits per heavy atom. The van der Waals surface area contributed by atoms with Crippen LogP contribution in [0.1, 0.15) is 37.7 Å². The van der Waals surface area contributed by atoms with Crippen molar-refractivity contribution >= 4 is 17.5 Å². The normalized spacial score (nSPS) is 24.9. The number of aliphatic hydroxyl groups is 1. The van der Waals surface area contributed by atoms with E-state index < -0.39 is 0 Å². The standard InChI is InChI=1S/C19H26ClFN2O2/c20-17-11-16(21)4-3-15(17)12-22-8-1-6-19(13-22)7-5-18(25)23(14-19)9-2-10-24/h3-4,11,24H,1-2,5-10,12-14H2. The molecule has 1 N–H and O–H groups in total. The van der Waals surface area contributed by atoms with Gasteiger partial charge in [0.15, 0.2) is 0 Å². The minimum Gasteiger partial charge on any atom is -0.396 e. The Morgan fingerprint density at radius 3 is 2.88 bits per heavy atom. The molecular formula is C19H26ClFN2O2. The summed E-state index contributed by atoms with van der Waals surface area (Å²) in [5, 5.41) is 9.53. The zero-order chi connectivity index (χ0) is 17.9.